The van der Waals surface area contributed by atoms with Gasteiger partial charge in [-0.1, -0.05) is 0 Å². The first-order valence-electron chi connectivity index (χ1n) is 7.18. The van der Waals surface area contributed by atoms with E-state index < -0.39 is 24.5 Å². The summed E-state index contributed by atoms with van der Waals surface area (Å²) in [5.74, 6) is -0.461. The van der Waals surface area contributed by atoms with Crippen molar-refractivity contribution >= 4 is 11.9 Å². The lowest BCUT2D eigenvalue weighted by Crippen LogP contribution is -2.49. The standard InChI is InChI=1S/C14H20O6/c1-8(18-12(16)7-15)20-14-4-9-2-10(5-14)13(17)19-11(3-9)6-14/h8-11,15H,2-7H2,1H3. The third kappa shape index (κ3) is 2.54. The second-order valence-corrected chi connectivity index (χ2v) is 6.22. The van der Waals surface area contributed by atoms with Crippen LogP contribution in [-0.4, -0.2) is 41.6 Å². The van der Waals surface area contributed by atoms with Gasteiger partial charge in [-0.15, -0.1) is 0 Å². The van der Waals surface area contributed by atoms with Crippen LogP contribution in [0, 0.1) is 11.8 Å². The Balaban J connectivity index is 1.72. The number of aliphatic hydroxyl groups excluding tert-OH is 1. The molecule has 2 saturated heterocycles. The summed E-state index contributed by atoms with van der Waals surface area (Å²) in [6, 6.07) is 0. The predicted octanol–water partition coefficient (Wildman–Crippen LogP) is 0.759. The number of hydrogen-bond acceptors (Lipinski definition) is 6. The maximum Gasteiger partial charge on any atom is 0.334 e. The molecule has 112 valence electrons. The molecule has 2 saturated carbocycles. The summed E-state index contributed by atoms with van der Waals surface area (Å²) in [5, 5.41) is 8.70. The molecule has 2 aliphatic carbocycles. The molecule has 4 bridgehead atoms. The highest BCUT2D eigenvalue weighted by molar-refractivity contribution is 5.73. The second-order valence-electron chi connectivity index (χ2n) is 6.22. The van der Waals surface area contributed by atoms with Crippen LogP contribution in [0.1, 0.15) is 39.0 Å². The van der Waals surface area contributed by atoms with E-state index in [1.807, 2.05) is 0 Å². The number of aliphatic hydroxyl groups is 1. The molecule has 0 radical (unpaired) electrons. The molecule has 0 aromatic heterocycles. The number of fused-ring (bicyclic) bond motifs is 1. The number of ether oxygens (including phenoxy) is 3. The monoisotopic (exact) mass is 284 g/mol. The van der Waals surface area contributed by atoms with Crippen molar-refractivity contribution in [1.29, 1.82) is 0 Å². The largest absolute Gasteiger partial charge is 0.462 e. The minimum atomic E-state index is -0.721. The molecular weight excluding hydrogens is 264 g/mol. The highest BCUT2D eigenvalue weighted by Gasteiger charge is 2.54. The van der Waals surface area contributed by atoms with Crippen LogP contribution < -0.4 is 0 Å². The van der Waals surface area contributed by atoms with Crippen molar-refractivity contribution in [3.05, 3.63) is 0 Å². The quantitative estimate of drug-likeness (QED) is 0.606. The van der Waals surface area contributed by atoms with E-state index in [0.717, 1.165) is 19.3 Å². The Morgan fingerprint density at radius 1 is 1.45 bits per heavy atom. The third-order valence-corrected chi connectivity index (χ3v) is 4.55. The van der Waals surface area contributed by atoms with E-state index in [1.54, 1.807) is 6.92 Å². The van der Waals surface area contributed by atoms with Crippen LogP contribution in [0.3, 0.4) is 0 Å². The van der Waals surface area contributed by atoms with Gasteiger partial charge >= 0.3 is 11.9 Å². The van der Waals surface area contributed by atoms with Crippen LogP contribution in [-0.2, 0) is 23.8 Å². The minimum absolute atomic E-state index is 0.0745. The molecule has 0 aromatic carbocycles. The Hall–Kier alpha value is -1.14. The van der Waals surface area contributed by atoms with Crippen molar-refractivity contribution < 1.29 is 28.9 Å². The summed E-state index contributed by atoms with van der Waals surface area (Å²) in [6.45, 7) is 0.987. The molecular formula is C14H20O6. The zero-order chi connectivity index (χ0) is 14.3. The molecule has 6 nitrogen and oxygen atoms in total. The van der Waals surface area contributed by atoms with Gasteiger partial charge in [0, 0.05) is 6.42 Å². The molecule has 1 N–H and O–H groups in total. The van der Waals surface area contributed by atoms with E-state index in [0.29, 0.717) is 18.8 Å². The van der Waals surface area contributed by atoms with Gasteiger partial charge in [-0.3, -0.25) is 4.79 Å². The Morgan fingerprint density at radius 2 is 2.25 bits per heavy atom. The summed E-state index contributed by atoms with van der Waals surface area (Å²) < 4.78 is 16.4. The summed E-state index contributed by atoms with van der Waals surface area (Å²) in [4.78, 5) is 23.0. The van der Waals surface area contributed by atoms with Gasteiger partial charge in [-0.2, -0.15) is 0 Å². The first-order chi connectivity index (χ1) is 9.49. The van der Waals surface area contributed by atoms with Crippen molar-refractivity contribution in [3.8, 4) is 0 Å². The van der Waals surface area contributed by atoms with Gasteiger partial charge in [0.25, 0.3) is 0 Å². The zero-order valence-corrected chi connectivity index (χ0v) is 11.5. The maximum absolute atomic E-state index is 11.9. The van der Waals surface area contributed by atoms with Gasteiger partial charge in [-0.05, 0) is 38.5 Å². The van der Waals surface area contributed by atoms with Crippen LogP contribution in [0.4, 0.5) is 0 Å². The molecule has 0 amide bonds. The van der Waals surface area contributed by atoms with E-state index in [-0.39, 0.29) is 18.0 Å². The van der Waals surface area contributed by atoms with E-state index in [2.05, 4.69) is 0 Å². The molecule has 20 heavy (non-hydrogen) atoms. The van der Waals surface area contributed by atoms with Crippen molar-refractivity contribution in [2.45, 2.75) is 57.0 Å². The van der Waals surface area contributed by atoms with Crippen molar-refractivity contribution in [2.75, 3.05) is 6.61 Å². The fourth-order valence-electron chi connectivity index (χ4n) is 4.12. The summed E-state index contributed by atoms with van der Waals surface area (Å²) in [6.07, 6.45) is 3.20. The van der Waals surface area contributed by atoms with Crippen molar-refractivity contribution in [3.63, 3.8) is 0 Å². The van der Waals surface area contributed by atoms with Gasteiger partial charge < -0.3 is 19.3 Å². The molecule has 4 fully saturated rings. The Morgan fingerprint density at radius 3 is 3.00 bits per heavy atom. The SMILES string of the molecule is CC(OC(=O)CO)OC12CC3CC(C1)OC(=O)C(C3)C2. The fourth-order valence-corrected chi connectivity index (χ4v) is 4.12. The Labute approximate surface area is 117 Å². The number of carbonyl (C=O) groups is 2. The number of carbonyl (C=O) groups excluding carboxylic acids is 2. The topological polar surface area (TPSA) is 82.1 Å². The molecule has 2 aliphatic heterocycles. The van der Waals surface area contributed by atoms with Crippen LogP contribution in [0.25, 0.3) is 0 Å². The smallest absolute Gasteiger partial charge is 0.334 e. The molecule has 5 atom stereocenters. The van der Waals surface area contributed by atoms with Crippen molar-refractivity contribution in [2.24, 2.45) is 11.8 Å². The van der Waals surface area contributed by atoms with E-state index in [4.69, 9.17) is 19.3 Å². The predicted molar refractivity (Wildman–Crippen MR) is 66.4 cm³/mol. The maximum atomic E-state index is 11.9. The first kappa shape index (κ1) is 13.8. The Bertz CT molecular complexity index is 422. The Kier molecular flexibility index (Phi) is 3.46. The van der Waals surface area contributed by atoms with E-state index >= 15 is 0 Å². The van der Waals surface area contributed by atoms with Gasteiger partial charge in [0.05, 0.1) is 11.5 Å². The minimum Gasteiger partial charge on any atom is -0.462 e. The van der Waals surface area contributed by atoms with Crippen molar-refractivity contribution in [1.82, 2.24) is 0 Å². The van der Waals surface area contributed by atoms with E-state index in [1.165, 1.54) is 0 Å². The molecule has 2 heterocycles. The summed E-state index contributed by atoms with van der Waals surface area (Å²) in [5.41, 5.74) is -0.433. The molecule has 5 unspecified atom stereocenters. The van der Waals surface area contributed by atoms with Gasteiger partial charge in [-0.25, -0.2) is 4.79 Å². The zero-order valence-electron chi connectivity index (χ0n) is 11.5. The molecule has 0 aromatic rings. The number of hydrogen-bond donors (Lipinski definition) is 1. The highest BCUT2D eigenvalue weighted by Crippen LogP contribution is 2.51. The normalized spacial score (nSPS) is 40.1. The number of esters is 2. The van der Waals surface area contributed by atoms with Crippen LogP contribution in [0.2, 0.25) is 0 Å². The van der Waals surface area contributed by atoms with Crippen LogP contribution in [0.5, 0.6) is 0 Å². The second kappa shape index (κ2) is 5.00. The van der Waals surface area contributed by atoms with Crippen LogP contribution >= 0.6 is 0 Å². The molecule has 0 spiro atoms. The van der Waals surface area contributed by atoms with Gasteiger partial charge in [0.1, 0.15) is 12.7 Å². The lowest BCUT2D eigenvalue weighted by atomic mass is 9.65. The molecule has 4 aliphatic rings. The summed E-state index contributed by atoms with van der Waals surface area (Å²) >= 11 is 0. The lowest BCUT2D eigenvalue weighted by Gasteiger charge is -2.46. The fraction of sp³-hybridized carbons (Fsp3) is 0.857. The molecule has 4 rings (SSSR count). The third-order valence-electron chi connectivity index (χ3n) is 4.55. The van der Waals surface area contributed by atoms with Crippen LogP contribution in [0.15, 0.2) is 0 Å². The summed E-state index contributed by atoms with van der Waals surface area (Å²) in [7, 11) is 0. The average Bonchev–Trinajstić information content (AvgIpc) is 2.51. The molecule has 6 heteroatoms. The van der Waals surface area contributed by atoms with Gasteiger partial charge in [0.2, 0.25) is 6.29 Å². The lowest BCUT2D eigenvalue weighted by molar-refractivity contribution is -0.231. The van der Waals surface area contributed by atoms with E-state index in [9.17, 15) is 9.59 Å². The first-order valence-corrected chi connectivity index (χ1v) is 7.18. The van der Waals surface area contributed by atoms with Gasteiger partial charge in [0.15, 0.2) is 0 Å². The average molecular weight is 284 g/mol. The highest BCUT2D eigenvalue weighted by atomic mass is 16.7. The number of rotatable bonds is 4.